The minimum atomic E-state index is -0.160. The van der Waals surface area contributed by atoms with Gasteiger partial charge in [-0.3, -0.25) is 9.59 Å². The molecule has 2 amide bonds. The highest BCUT2D eigenvalue weighted by atomic mass is 35.5. The van der Waals surface area contributed by atoms with Gasteiger partial charge in [0.05, 0.1) is 23.8 Å². The molecule has 0 spiro atoms. The van der Waals surface area contributed by atoms with Gasteiger partial charge >= 0.3 is 0 Å². The summed E-state index contributed by atoms with van der Waals surface area (Å²) in [5.41, 5.74) is 0.925. The summed E-state index contributed by atoms with van der Waals surface area (Å²) in [6, 6.07) is 13.1. The first kappa shape index (κ1) is 16.5. The van der Waals surface area contributed by atoms with Crippen LogP contribution in [0.4, 0.5) is 0 Å². The Labute approximate surface area is 138 Å². The fraction of sp³-hybridized carbons (Fsp3) is 0.250. The van der Waals surface area contributed by atoms with Gasteiger partial charge in [0.25, 0.3) is 0 Å². The fourth-order valence-electron chi connectivity index (χ4n) is 1.91. The summed E-state index contributed by atoms with van der Waals surface area (Å²) in [6.07, 6.45) is 0.276. The predicted octanol–water partition coefficient (Wildman–Crippen LogP) is 2.72. The molecule has 0 bridgehead atoms. The van der Waals surface area contributed by atoms with Crippen LogP contribution in [0.15, 0.2) is 42.5 Å². The number of nitrogens with zero attached hydrogens (tertiary/aromatic N) is 1. The zero-order valence-electron chi connectivity index (χ0n) is 12.2. The van der Waals surface area contributed by atoms with Crippen molar-refractivity contribution in [3.63, 3.8) is 0 Å². The maximum atomic E-state index is 12.0. The van der Waals surface area contributed by atoms with Crippen LogP contribution in [-0.4, -0.2) is 30.3 Å². The Bertz CT molecular complexity index is 643. The van der Waals surface area contributed by atoms with Gasteiger partial charge in [0.2, 0.25) is 11.8 Å². The molecule has 1 N–H and O–H groups in total. The molecular formula is C16H17ClN2O2S. The molecule has 0 aliphatic rings. The van der Waals surface area contributed by atoms with Crippen LogP contribution in [0.25, 0.3) is 0 Å². The summed E-state index contributed by atoms with van der Waals surface area (Å²) in [5, 5.41) is 2.65. The SMILES string of the molecule is CN(Cc1ccc(Cl)s1)C(=O)CNC(=O)Cc1ccccc1. The van der Waals surface area contributed by atoms with Gasteiger partial charge in [-0.25, -0.2) is 0 Å². The Kier molecular flexibility index (Phi) is 5.98. The Morgan fingerprint density at radius 3 is 2.55 bits per heavy atom. The maximum absolute atomic E-state index is 12.0. The van der Waals surface area contributed by atoms with E-state index >= 15 is 0 Å². The third-order valence-corrected chi connectivity index (χ3v) is 4.31. The Morgan fingerprint density at radius 2 is 1.91 bits per heavy atom. The predicted molar refractivity (Wildman–Crippen MR) is 89.0 cm³/mol. The van der Waals surface area contributed by atoms with Crippen LogP contribution in [0, 0.1) is 0 Å². The number of rotatable bonds is 6. The summed E-state index contributed by atoms with van der Waals surface area (Å²) in [7, 11) is 1.71. The molecule has 0 fully saturated rings. The standard InChI is InChI=1S/C16H17ClN2O2S/c1-19(11-13-7-8-14(17)22-13)16(21)10-18-15(20)9-12-5-3-2-4-6-12/h2-8H,9-11H2,1H3,(H,18,20). The molecule has 116 valence electrons. The average molecular weight is 337 g/mol. The fourth-order valence-corrected chi connectivity index (χ4v) is 3.05. The van der Waals surface area contributed by atoms with E-state index in [1.54, 1.807) is 11.9 Å². The molecule has 0 saturated heterocycles. The van der Waals surface area contributed by atoms with Crippen molar-refractivity contribution in [1.82, 2.24) is 10.2 Å². The van der Waals surface area contributed by atoms with E-state index in [4.69, 9.17) is 11.6 Å². The second kappa shape index (κ2) is 7.96. The maximum Gasteiger partial charge on any atom is 0.242 e. The van der Waals surface area contributed by atoms with Crippen molar-refractivity contribution in [2.75, 3.05) is 13.6 Å². The van der Waals surface area contributed by atoms with Gasteiger partial charge in [0.1, 0.15) is 0 Å². The van der Waals surface area contributed by atoms with Gasteiger partial charge in [-0.1, -0.05) is 41.9 Å². The quantitative estimate of drug-likeness (QED) is 0.881. The topological polar surface area (TPSA) is 49.4 Å². The molecule has 0 atom stereocenters. The number of thiophene rings is 1. The van der Waals surface area contributed by atoms with E-state index in [0.717, 1.165) is 10.4 Å². The van der Waals surface area contributed by atoms with Crippen LogP contribution in [-0.2, 0) is 22.6 Å². The number of carbonyl (C=O) groups is 2. The van der Waals surface area contributed by atoms with Crippen LogP contribution in [0.1, 0.15) is 10.4 Å². The van der Waals surface area contributed by atoms with E-state index in [-0.39, 0.29) is 24.8 Å². The minimum Gasteiger partial charge on any atom is -0.347 e. The molecule has 2 aromatic rings. The average Bonchev–Trinajstić information content (AvgIpc) is 2.91. The van der Waals surface area contributed by atoms with E-state index in [0.29, 0.717) is 10.9 Å². The summed E-state index contributed by atoms with van der Waals surface area (Å²) >= 11 is 7.31. The number of carbonyl (C=O) groups excluding carboxylic acids is 2. The largest absolute Gasteiger partial charge is 0.347 e. The van der Waals surface area contributed by atoms with E-state index < -0.39 is 0 Å². The number of benzene rings is 1. The van der Waals surface area contributed by atoms with E-state index in [1.807, 2.05) is 42.5 Å². The monoisotopic (exact) mass is 336 g/mol. The molecule has 0 saturated carbocycles. The van der Waals surface area contributed by atoms with Crippen LogP contribution in [0.2, 0.25) is 4.34 Å². The second-order valence-corrected chi connectivity index (χ2v) is 6.69. The smallest absolute Gasteiger partial charge is 0.242 e. The summed E-state index contributed by atoms with van der Waals surface area (Å²) in [6.45, 7) is 0.492. The third kappa shape index (κ3) is 5.16. The van der Waals surface area contributed by atoms with Gasteiger partial charge in [0, 0.05) is 11.9 Å². The number of hydrogen-bond acceptors (Lipinski definition) is 3. The second-order valence-electron chi connectivity index (χ2n) is 4.89. The van der Waals surface area contributed by atoms with Gasteiger partial charge in [-0.2, -0.15) is 0 Å². The summed E-state index contributed by atoms with van der Waals surface area (Å²) in [5.74, 6) is -0.293. The van der Waals surface area contributed by atoms with Gasteiger partial charge in [-0.15, -0.1) is 11.3 Å². The normalized spacial score (nSPS) is 10.3. The third-order valence-electron chi connectivity index (χ3n) is 3.09. The van der Waals surface area contributed by atoms with E-state index in [2.05, 4.69) is 5.32 Å². The molecule has 1 aromatic heterocycles. The molecule has 4 nitrogen and oxygen atoms in total. The number of amides is 2. The lowest BCUT2D eigenvalue weighted by atomic mass is 10.1. The number of halogens is 1. The van der Waals surface area contributed by atoms with E-state index in [9.17, 15) is 9.59 Å². The van der Waals surface area contributed by atoms with Crippen LogP contribution < -0.4 is 5.32 Å². The van der Waals surface area contributed by atoms with E-state index in [1.165, 1.54) is 11.3 Å². The lowest BCUT2D eigenvalue weighted by Gasteiger charge is -2.16. The molecule has 2 rings (SSSR count). The Morgan fingerprint density at radius 1 is 1.18 bits per heavy atom. The molecule has 0 unspecified atom stereocenters. The molecule has 0 aliphatic carbocycles. The molecule has 1 aromatic carbocycles. The number of nitrogens with one attached hydrogen (secondary N) is 1. The first-order valence-electron chi connectivity index (χ1n) is 6.83. The highest BCUT2D eigenvalue weighted by Crippen LogP contribution is 2.22. The molecule has 1 heterocycles. The van der Waals surface area contributed by atoms with Gasteiger partial charge in [-0.05, 0) is 17.7 Å². The van der Waals surface area contributed by atoms with Crippen molar-refractivity contribution in [2.24, 2.45) is 0 Å². The van der Waals surface area contributed by atoms with Gasteiger partial charge < -0.3 is 10.2 Å². The van der Waals surface area contributed by atoms with Crippen molar-refractivity contribution in [3.8, 4) is 0 Å². The highest BCUT2D eigenvalue weighted by molar-refractivity contribution is 7.16. The van der Waals surface area contributed by atoms with Crippen LogP contribution >= 0.6 is 22.9 Å². The Hall–Kier alpha value is -1.85. The molecule has 22 heavy (non-hydrogen) atoms. The van der Waals surface area contributed by atoms with Crippen molar-refractivity contribution in [3.05, 3.63) is 57.2 Å². The number of hydrogen-bond donors (Lipinski definition) is 1. The van der Waals surface area contributed by atoms with Crippen molar-refractivity contribution < 1.29 is 9.59 Å². The zero-order valence-corrected chi connectivity index (χ0v) is 13.8. The zero-order chi connectivity index (χ0) is 15.9. The lowest BCUT2D eigenvalue weighted by molar-refractivity contribution is -0.132. The highest BCUT2D eigenvalue weighted by Gasteiger charge is 2.12. The molecule has 0 aliphatic heterocycles. The van der Waals surface area contributed by atoms with Crippen molar-refractivity contribution >= 4 is 34.8 Å². The minimum absolute atomic E-state index is 0.00126. The molecular weight excluding hydrogens is 320 g/mol. The Balaban J connectivity index is 1.75. The number of likely N-dealkylation sites (N-methyl/N-ethyl adjacent to an activating group) is 1. The first-order valence-corrected chi connectivity index (χ1v) is 8.03. The van der Waals surface area contributed by atoms with Crippen LogP contribution in [0.5, 0.6) is 0 Å². The lowest BCUT2D eigenvalue weighted by Crippen LogP contribution is -2.38. The molecule has 0 radical (unpaired) electrons. The first-order chi connectivity index (χ1) is 10.5. The van der Waals surface area contributed by atoms with Gasteiger partial charge in [0.15, 0.2) is 0 Å². The van der Waals surface area contributed by atoms with Crippen LogP contribution in [0.3, 0.4) is 0 Å². The summed E-state index contributed by atoms with van der Waals surface area (Å²) in [4.78, 5) is 26.4. The van der Waals surface area contributed by atoms with Crippen molar-refractivity contribution in [2.45, 2.75) is 13.0 Å². The van der Waals surface area contributed by atoms with Crippen molar-refractivity contribution in [1.29, 1.82) is 0 Å². The summed E-state index contributed by atoms with van der Waals surface area (Å²) < 4.78 is 0.701. The molecule has 6 heteroatoms.